The summed E-state index contributed by atoms with van der Waals surface area (Å²) in [6.07, 6.45) is 3.73. The molecule has 1 heterocycles. The largest absolute Gasteiger partial charge is 0.381 e. The summed E-state index contributed by atoms with van der Waals surface area (Å²) in [5, 5.41) is 2.98. The van der Waals surface area contributed by atoms with Crippen LogP contribution < -0.4 is 10.2 Å². The Balaban J connectivity index is 1.80. The summed E-state index contributed by atoms with van der Waals surface area (Å²) >= 11 is 0. The van der Waals surface area contributed by atoms with Crippen molar-refractivity contribution >= 4 is 17.3 Å². The number of rotatable bonds is 5. The Morgan fingerprint density at radius 1 is 1.35 bits per heavy atom. The third-order valence-corrected chi connectivity index (χ3v) is 3.77. The van der Waals surface area contributed by atoms with Crippen LogP contribution in [-0.4, -0.2) is 33.2 Å². The average Bonchev–Trinajstić information content (AvgIpc) is 2.46. The van der Waals surface area contributed by atoms with Crippen LogP contribution in [0.5, 0.6) is 0 Å². The number of nitrogens with one attached hydrogen (secondary N) is 1. The third-order valence-electron chi connectivity index (χ3n) is 3.77. The van der Waals surface area contributed by atoms with Gasteiger partial charge >= 0.3 is 0 Å². The first-order valence-electron chi connectivity index (χ1n) is 7.30. The minimum absolute atomic E-state index is 0.104. The molecule has 1 aromatic rings. The number of ether oxygens (including phenoxy) is 1. The molecule has 0 atom stereocenters. The van der Waals surface area contributed by atoms with Crippen molar-refractivity contribution < 1.29 is 9.53 Å². The van der Waals surface area contributed by atoms with Crippen molar-refractivity contribution in [2.24, 2.45) is 5.92 Å². The Labute approximate surface area is 121 Å². The first-order chi connectivity index (χ1) is 9.65. The van der Waals surface area contributed by atoms with Crippen LogP contribution in [0.25, 0.3) is 0 Å². The van der Waals surface area contributed by atoms with Gasteiger partial charge in [0.15, 0.2) is 0 Å². The van der Waals surface area contributed by atoms with Crippen LogP contribution in [0.2, 0.25) is 0 Å². The smallest absolute Gasteiger partial charge is 0.224 e. The number of amides is 1. The lowest BCUT2D eigenvalue weighted by molar-refractivity contribution is -0.116. The molecule has 1 aliphatic heterocycles. The highest BCUT2D eigenvalue weighted by atomic mass is 16.5. The standard InChI is InChI=1S/C16H24N2O2/c1-18(2)15-5-3-4-14(12-15)17-16(19)7-6-13-8-10-20-11-9-13/h3-5,12-13H,6-11H2,1-2H3,(H,17,19). The van der Waals surface area contributed by atoms with E-state index in [2.05, 4.69) is 5.32 Å². The normalized spacial score (nSPS) is 15.9. The predicted molar refractivity (Wildman–Crippen MR) is 82.2 cm³/mol. The second-order valence-corrected chi connectivity index (χ2v) is 5.59. The molecule has 4 heteroatoms. The molecule has 1 aliphatic rings. The molecule has 0 aliphatic carbocycles. The monoisotopic (exact) mass is 276 g/mol. The van der Waals surface area contributed by atoms with Gasteiger partial charge in [-0.25, -0.2) is 0 Å². The molecule has 1 aromatic carbocycles. The summed E-state index contributed by atoms with van der Waals surface area (Å²) in [7, 11) is 3.98. The maximum absolute atomic E-state index is 12.0. The predicted octanol–water partition coefficient (Wildman–Crippen LogP) is 2.90. The van der Waals surface area contributed by atoms with Crippen LogP contribution in [0.3, 0.4) is 0 Å². The van der Waals surface area contributed by atoms with Gasteiger partial charge in [0.2, 0.25) is 5.91 Å². The first kappa shape index (κ1) is 14.9. The van der Waals surface area contributed by atoms with Crippen molar-refractivity contribution in [2.75, 3.05) is 37.5 Å². The number of anilines is 2. The first-order valence-corrected chi connectivity index (χ1v) is 7.30. The molecule has 0 spiro atoms. The molecule has 0 bridgehead atoms. The molecular formula is C16H24N2O2. The van der Waals surface area contributed by atoms with Gasteiger partial charge in [0, 0.05) is 45.1 Å². The Morgan fingerprint density at radius 2 is 2.10 bits per heavy atom. The quantitative estimate of drug-likeness (QED) is 0.899. The van der Waals surface area contributed by atoms with Crippen LogP contribution in [0, 0.1) is 5.92 Å². The molecule has 0 radical (unpaired) electrons. The van der Waals surface area contributed by atoms with E-state index in [4.69, 9.17) is 4.74 Å². The highest BCUT2D eigenvalue weighted by Gasteiger charge is 2.15. The fourth-order valence-corrected chi connectivity index (χ4v) is 2.46. The number of benzene rings is 1. The number of carbonyl (C=O) groups excluding carboxylic acids is 1. The molecule has 1 N–H and O–H groups in total. The van der Waals surface area contributed by atoms with E-state index in [1.54, 1.807) is 0 Å². The lowest BCUT2D eigenvalue weighted by Crippen LogP contribution is -2.19. The number of nitrogens with zero attached hydrogens (tertiary/aromatic N) is 1. The fraction of sp³-hybridized carbons (Fsp3) is 0.562. The lowest BCUT2D eigenvalue weighted by atomic mass is 9.95. The second kappa shape index (κ2) is 7.29. The molecule has 20 heavy (non-hydrogen) atoms. The minimum Gasteiger partial charge on any atom is -0.381 e. The van der Waals surface area contributed by atoms with Crippen molar-refractivity contribution in [1.29, 1.82) is 0 Å². The van der Waals surface area contributed by atoms with Crippen molar-refractivity contribution in [1.82, 2.24) is 0 Å². The number of hydrogen-bond donors (Lipinski definition) is 1. The zero-order valence-electron chi connectivity index (χ0n) is 12.4. The van der Waals surface area contributed by atoms with E-state index in [-0.39, 0.29) is 5.91 Å². The summed E-state index contributed by atoms with van der Waals surface area (Å²) in [4.78, 5) is 14.0. The maximum Gasteiger partial charge on any atom is 0.224 e. The Hall–Kier alpha value is -1.55. The van der Waals surface area contributed by atoms with E-state index >= 15 is 0 Å². The summed E-state index contributed by atoms with van der Waals surface area (Å²) in [5.41, 5.74) is 1.96. The number of hydrogen-bond acceptors (Lipinski definition) is 3. The van der Waals surface area contributed by atoms with Gasteiger partial charge in [-0.2, -0.15) is 0 Å². The Bertz CT molecular complexity index is 440. The fourth-order valence-electron chi connectivity index (χ4n) is 2.46. The second-order valence-electron chi connectivity index (χ2n) is 5.59. The number of carbonyl (C=O) groups is 1. The van der Waals surface area contributed by atoms with Crippen molar-refractivity contribution in [3.05, 3.63) is 24.3 Å². The zero-order chi connectivity index (χ0) is 14.4. The van der Waals surface area contributed by atoms with E-state index in [0.29, 0.717) is 12.3 Å². The van der Waals surface area contributed by atoms with Gasteiger partial charge in [-0.3, -0.25) is 4.79 Å². The molecule has 110 valence electrons. The molecule has 0 aromatic heterocycles. The van der Waals surface area contributed by atoms with E-state index in [9.17, 15) is 4.79 Å². The Morgan fingerprint density at radius 3 is 2.80 bits per heavy atom. The molecule has 2 rings (SSSR count). The van der Waals surface area contributed by atoms with Crippen LogP contribution in [0.15, 0.2) is 24.3 Å². The maximum atomic E-state index is 12.0. The Kier molecular flexibility index (Phi) is 5.41. The molecule has 1 fully saturated rings. The summed E-state index contributed by atoms with van der Waals surface area (Å²) in [6.45, 7) is 1.69. The lowest BCUT2D eigenvalue weighted by Gasteiger charge is -2.21. The van der Waals surface area contributed by atoms with Gasteiger partial charge in [-0.15, -0.1) is 0 Å². The van der Waals surface area contributed by atoms with Gasteiger partial charge in [0.05, 0.1) is 0 Å². The topological polar surface area (TPSA) is 41.6 Å². The van der Waals surface area contributed by atoms with Crippen molar-refractivity contribution in [3.63, 3.8) is 0 Å². The van der Waals surface area contributed by atoms with Gasteiger partial charge in [-0.05, 0) is 43.4 Å². The highest BCUT2D eigenvalue weighted by Crippen LogP contribution is 2.21. The summed E-state index contributed by atoms with van der Waals surface area (Å²) < 4.78 is 5.33. The van der Waals surface area contributed by atoms with Crippen LogP contribution in [0.1, 0.15) is 25.7 Å². The van der Waals surface area contributed by atoms with E-state index in [0.717, 1.165) is 43.9 Å². The van der Waals surface area contributed by atoms with Gasteiger partial charge in [0.1, 0.15) is 0 Å². The molecule has 1 amide bonds. The molecular weight excluding hydrogens is 252 g/mol. The van der Waals surface area contributed by atoms with Gasteiger partial charge in [-0.1, -0.05) is 6.07 Å². The molecule has 0 saturated carbocycles. The highest BCUT2D eigenvalue weighted by molar-refractivity contribution is 5.91. The van der Waals surface area contributed by atoms with Crippen molar-refractivity contribution in [2.45, 2.75) is 25.7 Å². The minimum atomic E-state index is 0.104. The van der Waals surface area contributed by atoms with E-state index in [1.807, 2.05) is 43.3 Å². The van der Waals surface area contributed by atoms with E-state index in [1.165, 1.54) is 0 Å². The van der Waals surface area contributed by atoms with Gasteiger partial charge in [0.25, 0.3) is 0 Å². The molecule has 0 unspecified atom stereocenters. The van der Waals surface area contributed by atoms with Crippen LogP contribution in [-0.2, 0) is 9.53 Å². The van der Waals surface area contributed by atoms with E-state index < -0.39 is 0 Å². The van der Waals surface area contributed by atoms with Crippen LogP contribution >= 0.6 is 0 Å². The molecule has 1 saturated heterocycles. The summed E-state index contributed by atoms with van der Waals surface area (Å²) in [6, 6.07) is 7.91. The summed E-state index contributed by atoms with van der Waals surface area (Å²) in [5.74, 6) is 0.745. The van der Waals surface area contributed by atoms with Gasteiger partial charge < -0.3 is 15.0 Å². The van der Waals surface area contributed by atoms with Crippen LogP contribution in [0.4, 0.5) is 11.4 Å². The zero-order valence-corrected chi connectivity index (χ0v) is 12.4. The molecule has 4 nitrogen and oxygen atoms in total. The SMILES string of the molecule is CN(C)c1cccc(NC(=O)CCC2CCOCC2)c1. The third kappa shape index (κ3) is 4.53. The average molecular weight is 276 g/mol. The van der Waals surface area contributed by atoms with Crippen molar-refractivity contribution in [3.8, 4) is 0 Å².